The van der Waals surface area contributed by atoms with Gasteiger partial charge in [0, 0.05) is 6.54 Å². The number of fused-ring (bicyclic) bond motifs is 1. The topological polar surface area (TPSA) is 30.3 Å². The van der Waals surface area contributed by atoms with E-state index < -0.39 is 6.61 Å². The molecule has 1 aliphatic heterocycles. The predicted molar refractivity (Wildman–Crippen MR) is 96.4 cm³/mol. The summed E-state index contributed by atoms with van der Waals surface area (Å²) < 4.78 is 31.3. The Balaban J connectivity index is 1.61. The van der Waals surface area contributed by atoms with Gasteiger partial charge in [0.2, 0.25) is 0 Å². The summed E-state index contributed by atoms with van der Waals surface area (Å²) >= 11 is 0. The van der Waals surface area contributed by atoms with Gasteiger partial charge in [0.25, 0.3) is 0 Å². The van der Waals surface area contributed by atoms with Crippen LogP contribution in [-0.4, -0.2) is 34.2 Å². The van der Waals surface area contributed by atoms with Crippen LogP contribution in [0.3, 0.4) is 0 Å². The third-order valence-electron chi connectivity index (χ3n) is 4.79. The number of imidazole rings is 1. The van der Waals surface area contributed by atoms with E-state index in [0.717, 1.165) is 42.1 Å². The minimum absolute atomic E-state index is 0.177. The van der Waals surface area contributed by atoms with Crippen molar-refractivity contribution in [1.82, 2.24) is 14.5 Å². The zero-order valence-electron chi connectivity index (χ0n) is 14.4. The third kappa shape index (κ3) is 3.70. The Labute approximate surface area is 151 Å². The largest absolute Gasteiger partial charge is 0.435 e. The Morgan fingerprint density at radius 3 is 2.42 bits per heavy atom. The molecule has 0 spiro atoms. The van der Waals surface area contributed by atoms with Gasteiger partial charge in [-0.25, -0.2) is 4.98 Å². The maximum atomic E-state index is 12.3. The first-order valence-electron chi connectivity index (χ1n) is 8.89. The van der Waals surface area contributed by atoms with Gasteiger partial charge in [-0.2, -0.15) is 8.78 Å². The Morgan fingerprint density at radius 2 is 1.69 bits per heavy atom. The van der Waals surface area contributed by atoms with E-state index in [1.807, 2.05) is 30.3 Å². The van der Waals surface area contributed by atoms with Crippen molar-refractivity contribution in [3.8, 4) is 5.75 Å². The van der Waals surface area contributed by atoms with Gasteiger partial charge >= 0.3 is 6.61 Å². The molecule has 136 valence electrons. The van der Waals surface area contributed by atoms with E-state index in [-0.39, 0.29) is 5.75 Å². The lowest BCUT2D eigenvalue weighted by atomic mass is 10.2. The number of benzene rings is 2. The van der Waals surface area contributed by atoms with Crippen molar-refractivity contribution in [2.24, 2.45) is 0 Å². The molecule has 1 fully saturated rings. The molecule has 4 rings (SSSR count). The van der Waals surface area contributed by atoms with Gasteiger partial charge in [0.1, 0.15) is 11.6 Å². The Bertz CT molecular complexity index is 870. The van der Waals surface area contributed by atoms with Gasteiger partial charge in [0.15, 0.2) is 0 Å². The molecule has 4 nitrogen and oxygen atoms in total. The van der Waals surface area contributed by atoms with E-state index in [9.17, 15) is 8.78 Å². The second-order valence-electron chi connectivity index (χ2n) is 6.61. The highest BCUT2D eigenvalue weighted by Gasteiger charge is 2.17. The van der Waals surface area contributed by atoms with E-state index >= 15 is 0 Å². The molecule has 0 bridgehead atoms. The van der Waals surface area contributed by atoms with Crippen molar-refractivity contribution < 1.29 is 13.5 Å². The van der Waals surface area contributed by atoms with Crippen LogP contribution in [0.15, 0.2) is 48.5 Å². The van der Waals surface area contributed by atoms with Crippen molar-refractivity contribution in [2.75, 3.05) is 13.1 Å². The summed E-state index contributed by atoms with van der Waals surface area (Å²) in [6, 6.07) is 14.9. The Hall–Kier alpha value is -2.47. The zero-order chi connectivity index (χ0) is 17.9. The fraction of sp³-hybridized carbons (Fsp3) is 0.350. The van der Waals surface area contributed by atoms with Crippen LogP contribution in [0.5, 0.6) is 5.75 Å². The van der Waals surface area contributed by atoms with Crippen molar-refractivity contribution in [1.29, 1.82) is 0 Å². The molecule has 2 heterocycles. The monoisotopic (exact) mass is 357 g/mol. The first-order valence-corrected chi connectivity index (χ1v) is 8.89. The molecule has 0 saturated carbocycles. The van der Waals surface area contributed by atoms with Crippen molar-refractivity contribution >= 4 is 11.0 Å². The summed E-state index contributed by atoms with van der Waals surface area (Å²) in [6.07, 6.45) is 2.48. The van der Waals surface area contributed by atoms with Crippen LogP contribution in [0, 0.1) is 0 Å². The number of hydrogen-bond acceptors (Lipinski definition) is 3. The summed E-state index contributed by atoms with van der Waals surface area (Å²) in [5.74, 6) is 1.22. The second kappa shape index (κ2) is 7.41. The van der Waals surface area contributed by atoms with Crippen LogP contribution in [0.2, 0.25) is 0 Å². The number of aromatic nitrogens is 2. The number of rotatable bonds is 6. The molecule has 0 N–H and O–H groups in total. The van der Waals surface area contributed by atoms with Gasteiger partial charge in [0.05, 0.1) is 17.6 Å². The lowest BCUT2D eigenvalue weighted by Crippen LogP contribution is -2.21. The lowest BCUT2D eigenvalue weighted by molar-refractivity contribution is -0.0498. The fourth-order valence-corrected chi connectivity index (χ4v) is 3.52. The van der Waals surface area contributed by atoms with Crippen LogP contribution >= 0.6 is 0 Å². The van der Waals surface area contributed by atoms with Crippen molar-refractivity contribution in [3.05, 3.63) is 59.9 Å². The molecule has 2 aromatic carbocycles. The van der Waals surface area contributed by atoms with E-state index in [1.54, 1.807) is 12.1 Å². The highest BCUT2D eigenvalue weighted by atomic mass is 19.3. The standard InChI is InChI=1S/C20H21F2N3O/c21-20(22)26-16-9-7-15(8-10-16)13-25-18-6-2-1-5-17(18)23-19(25)14-24-11-3-4-12-24/h1-2,5-10,20H,3-4,11-14H2. The summed E-state index contributed by atoms with van der Waals surface area (Å²) in [6.45, 7) is 0.913. The molecule has 6 heteroatoms. The number of likely N-dealkylation sites (tertiary alicyclic amines) is 1. The quantitative estimate of drug-likeness (QED) is 0.660. The van der Waals surface area contributed by atoms with Gasteiger partial charge < -0.3 is 9.30 Å². The average molecular weight is 357 g/mol. The van der Waals surface area contributed by atoms with Crippen LogP contribution < -0.4 is 4.74 Å². The SMILES string of the molecule is FC(F)Oc1ccc(Cn2c(CN3CCCC3)nc3ccccc32)cc1. The van der Waals surface area contributed by atoms with Crippen molar-refractivity contribution in [2.45, 2.75) is 32.5 Å². The smallest absolute Gasteiger partial charge is 0.387 e. The molecule has 1 aromatic heterocycles. The molecule has 0 unspecified atom stereocenters. The number of hydrogen-bond donors (Lipinski definition) is 0. The molecule has 0 atom stereocenters. The maximum absolute atomic E-state index is 12.3. The number of nitrogens with zero attached hydrogens (tertiary/aromatic N) is 3. The first-order chi connectivity index (χ1) is 12.7. The fourth-order valence-electron chi connectivity index (χ4n) is 3.52. The lowest BCUT2D eigenvalue weighted by Gasteiger charge is -2.16. The summed E-state index contributed by atoms with van der Waals surface area (Å²) in [5, 5.41) is 0. The normalized spacial score (nSPS) is 15.2. The Kier molecular flexibility index (Phi) is 4.84. The van der Waals surface area contributed by atoms with E-state index in [1.165, 1.54) is 12.8 Å². The molecule has 26 heavy (non-hydrogen) atoms. The maximum Gasteiger partial charge on any atom is 0.387 e. The van der Waals surface area contributed by atoms with Gasteiger partial charge in [-0.05, 0) is 55.8 Å². The molecule has 1 saturated heterocycles. The number of alkyl halides is 2. The van der Waals surface area contributed by atoms with E-state index in [4.69, 9.17) is 4.98 Å². The minimum Gasteiger partial charge on any atom is -0.435 e. The molecule has 1 aliphatic rings. The number of para-hydroxylation sites is 2. The zero-order valence-corrected chi connectivity index (χ0v) is 14.4. The van der Waals surface area contributed by atoms with Crippen LogP contribution in [0.1, 0.15) is 24.2 Å². The van der Waals surface area contributed by atoms with E-state index in [0.29, 0.717) is 6.54 Å². The Morgan fingerprint density at radius 1 is 0.962 bits per heavy atom. The first kappa shape index (κ1) is 17.0. The molecule has 0 aliphatic carbocycles. The molecular formula is C20H21F2N3O. The number of halogens is 2. The average Bonchev–Trinajstić information content (AvgIpc) is 3.25. The highest BCUT2D eigenvalue weighted by molar-refractivity contribution is 5.76. The third-order valence-corrected chi connectivity index (χ3v) is 4.79. The van der Waals surface area contributed by atoms with Crippen LogP contribution in [0.25, 0.3) is 11.0 Å². The van der Waals surface area contributed by atoms with Gasteiger partial charge in [-0.15, -0.1) is 0 Å². The summed E-state index contributed by atoms with van der Waals surface area (Å²) in [5.41, 5.74) is 3.10. The summed E-state index contributed by atoms with van der Waals surface area (Å²) in [7, 11) is 0. The molecule has 0 amide bonds. The summed E-state index contributed by atoms with van der Waals surface area (Å²) in [4.78, 5) is 7.25. The van der Waals surface area contributed by atoms with E-state index in [2.05, 4.69) is 20.3 Å². The van der Waals surface area contributed by atoms with Crippen LogP contribution in [0.4, 0.5) is 8.78 Å². The molecule has 3 aromatic rings. The molecule has 0 radical (unpaired) electrons. The number of ether oxygens (including phenoxy) is 1. The van der Waals surface area contributed by atoms with Crippen LogP contribution in [-0.2, 0) is 13.1 Å². The van der Waals surface area contributed by atoms with Gasteiger partial charge in [-0.1, -0.05) is 24.3 Å². The molecular weight excluding hydrogens is 336 g/mol. The van der Waals surface area contributed by atoms with Gasteiger partial charge in [-0.3, -0.25) is 4.90 Å². The van der Waals surface area contributed by atoms with Crippen molar-refractivity contribution in [3.63, 3.8) is 0 Å². The highest BCUT2D eigenvalue weighted by Crippen LogP contribution is 2.22. The minimum atomic E-state index is -2.80. The predicted octanol–water partition coefficient (Wildman–Crippen LogP) is 4.28. The second-order valence-corrected chi connectivity index (χ2v) is 6.61.